The van der Waals surface area contributed by atoms with E-state index in [0.717, 1.165) is 0 Å². The molecule has 0 spiro atoms. The van der Waals surface area contributed by atoms with Crippen molar-refractivity contribution in [2.45, 2.75) is 10.6 Å². The molecule has 2 N–H and O–H groups in total. The van der Waals surface area contributed by atoms with Crippen LogP contribution in [0.15, 0.2) is 39.7 Å². The molecule has 1 heterocycles. The van der Waals surface area contributed by atoms with Crippen LogP contribution >= 0.6 is 39.1 Å². The number of aromatic hydroxyl groups is 1. The van der Waals surface area contributed by atoms with Crippen LogP contribution in [0.4, 0.5) is 10.5 Å². The number of phenolic OH excluding ortho intramolecular Hbond substituents is 1. The Bertz CT molecular complexity index is 998. The predicted molar refractivity (Wildman–Crippen MR) is 104 cm³/mol. The summed E-state index contributed by atoms with van der Waals surface area (Å²) < 4.78 is 25.9. The molecule has 0 aromatic heterocycles. The summed E-state index contributed by atoms with van der Waals surface area (Å²) in [4.78, 5) is 13.0. The fourth-order valence-electron chi connectivity index (χ4n) is 2.67. The highest BCUT2D eigenvalue weighted by molar-refractivity contribution is 9.10. The normalized spacial score (nSPS) is 14.6. The molecule has 0 saturated carbocycles. The molecule has 0 atom stereocenters. The van der Waals surface area contributed by atoms with Crippen molar-refractivity contribution in [1.82, 2.24) is 5.32 Å². The first-order valence-electron chi connectivity index (χ1n) is 7.43. The summed E-state index contributed by atoms with van der Waals surface area (Å²) in [7, 11) is -3.90. The van der Waals surface area contributed by atoms with Gasteiger partial charge in [0, 0.05) is 28.3 Å². The molecule has 2 aromatic carbocycles. The molecule has 1 saturated heterocycles. The smallest absolute Gasteiger partial charge is 0.321 e. The quantitative estimate of drug-likeness (QED) is 0.694. The van der Waals surface area contributed by atoms with E-state index >= 15 is 0 Å². The molecule has 6 nitrogen and oxygen atoms in total. The third-order valence-corrected chi connectivity index (χ3v) is 6.45. The molecule has 0 bridgehead atoms. The second-order valence-electron chi connectivity index (χ2n) is 5.69. The van der Waals surface area contributed by atoms with Gasteiger partial charge in [0.25, 0.3) is 0 Å². The van der Waals surface area contributed by atoms with Gasteiger partial charge in [0.15, 0.2) is 15.6 Å². The number of sulfone groups is 1. The van der Waals surface area contributed by atoms with E-state index in [1.807, 2.05) is 0 Å². The Morgan fingerprint density at radius 1 is 1.19 bits per heavy atom. The van der Waals surface area contributed by atoms with Gasteiger partial charge in [-0.2, -0.15) is 0 Å². The minimum Gasteiger partial charge on any atom is -0.505 e. The van der Waals surface area contributed by atoms with Gasteiger partial charge in [0.2, 0.25) is 0 Å². The monoisotopic (exact) mass is 478 g/mol. The number of carbonyl (C=O) groups is 1. The lowest BCUT2D eigenvalue weighted by Crippen LogP contribution is -2.27. The van der Waals surface area contributed by atoms with Crippen LogP contribution < -0.4 is 10.2 Å². The second kappa shape index (κ2) is 7.26. The first kappa shape index (κ1) is 19.3. The SMILES string of the molecule is O=C1NCCN1c1cc(Cl)cc(CS(=O)(=O)c2cc(Br)cc(Cl)c2O)c1. The van der Waals surface area contributed by atoms with Crippen molar-refractivity contribution < 1.29 is 18.3 Å². The van der Waals surface area contributed by atoms with Crippen LogP contribution in [0.1, 0.15) is 5.56 Å². The van der Waals surface area contributed by atoms with Gasteiger partial charge >= 0.3 is 6.03 Å². The number of phenols is 1. The third kappa shape index (κ3) is 3.93. The highest BCUT2D eigenvalue weighted by atomic mass is 79.9. The molecule has 0 radical (unpaired) electrons. The van der Waals surface area contributed by atoms with E-state index in [1.165, 1.54) is 23.1 Å². The minimum absolute atomic E-state index is 0.0709. The summed E-state index contributed by atoms with van der Waals surface area (Å²) in [6, 6.07) is 7.11. The number of urea groups is 1. The maximum absolute atomic E-state index is 12.8. The molecule has 1 aliphatic rings. The zero-order valence-electron chi connectivity index (χ0n) is 13.2. The average molecular weight is 480 g/mol. The van der Waals surface area contributed by atoms with Crippen LogP contribution in [-0.2, 0) is 15.6 Å². The summed E-state index contributed by atoms with van der Waals surface area (Å²) >= 11 is 15.1. The number of halogens is 3. The Morgan fingerprint density at radius 3 is 2.58 bits per heavy atom. The summed E-state index contributed by atoms with van der Waals surface area (Å²) in [5, 5.41) is 12.9. The fourth-order valence-corrected chi connectivity index (χ4v) is 5.41. The molecule has 2 aromatic rings. The standard InChI is InChI=1S/C16H13BrCl2N2O4S/c17-10-5-13(19)15(22)14(6-10)26(24,25)8-9-3-11(18)7-12(4-9)21-2-1-20-16(21)23/h3-7,22H,1-2,8H2,(H,20,23). The first-order chi connectivity index (χ1) is 12.2. The van der Waals surface area contributed by atoms with E-state index in [1.54, 1.807) is 12.1 Å². The molecule has 26 heavy (non-hydrogen) atoms. The first-order valence-corrected chi connectivity index (χ1v) is 10.6. The molecule has 1 fully saturated rings. The van der Waals surface area contributed by atoms with Crippen molar-refractivity contribution in [3.05, 3.63) is 50.4 Å². The van der Waals surface area contributed by atoms with Crippen molar-refractivity contribution in [3.63, 3.8) is 0 Å². The third-order valence-electron chi connectivity index (χ3n) is 3.80. The number of hydrogen-bond acceptors (Lipinski definition) is 4. The number of amides is 2. The predicted octanol–water partition coefficient (Wildman–Crippen LogP) is 3.97. The van der Waals surface area contributed by atoms with E-state index in [2.05, 4.69) is 21.2 Å². The molecular weight excluding hydrogens is 467 g/mol. The summed E-state index contributed by atoms with van der Waals surface area (Å²) in [5.74, 6) is -0.910. The molecule has 1 aliphatic heterocycles. The molecule has 138 valence electrons. The maximum Gasteiger partial charge on any atom is 0.321 e. The second-order valence-corrected chi connectivity index (χ2v) is 9.41. The Kier molecular flexibility index (Phi) is 5.39. The molecule has 2 amide bonds. The number of hydrogen-bond donors (Lipinski definition) is 2. The molecule has 3 rings (SSSR count). The molecular formula is C16H13BrCl2N2O4S. The fraction of sp³-hybridized carbons (Fsp3) is 0.188. The zero-order valence-corrected chi connectivity index (χ0v) is 17.1. The minimum atomic E-state index is -3.90. The van der Waals surface area contributed by atoms with E-state index in [-0.39, 0.29) is 15.9 Å². The largest absolute Gasteiger partial charge is 0.505 e. The van der Waals surface area contributed by atoms with Crippen LogP contribution in [0, 0.1) is 0 Å². The zero-order chi connectivity index (χ0) is 19.1. The topological polar surface area (TPSA) is 86.7 Å². The molecule has 0 unspecified atom stereocenters. The van der Waals surface area contributed by atoms with Crippen LogP contribution in [0.2, 0.25) is 10.0 Å². The van der Waals surface area contributed by atoms with E-state index in [0.29, 0.717) is 33.8 Å². The van der Waals surface area contributed by atoms with Gasteiger partial charge in [0.1, 0.15) is 4.90 Å². The number of anilines is 1. The van der Waals surface area contributed by atoms with E-state index < -0.39 is 21.3 Å². The Balaban J connectivity index is 1.98. The van der Waals surface area contributed by atoms with Gasteiger partial charge in [0.05, 0.1) is 10.8 Å². The van der Waals surface area contributed by atoms with Crippen molar-refractivity contribution >= 4 is 60.7 Å². The van der Waals surface area contributed by atoms with Gasteiger partial charge in [-0.05, 0) is 35.9 Å². The summed E-state index contributed by atoms with van der Waals surface area (Å²) in [6.45, 7) is 0.969. The Hall–Kier alpha value is -1.48. The van der Waals surface area contributed by atoms with Crippen molar-refractivity contribution in [2.75, 3.05) is 18.0 Å². The van der Waals surface area contributed by atoms with Crippen LogP contribution in [-0.4, -0.2) is 32.6 Å². The van der Waals surface area contributed by atoms with Crippen LogP contribution in [0.5, 0.6) is 5.75 Å². The number of rotatable bonds is 4. The highest BCUT2D eigenvalue weighted by Gasteiger charge is 2.25. The van der Waals surface area contributed by atoms with Gasteiger partial charge in [-0.15, -0.1) is 0 Å². The number of carbonyl (C=O) groups excluding carboxylic acids is 1. The Labute approximate surface area is 168 Å². The number of nitrogens with one attached hydrogen (secondary N) is 1. The lowest BCUT2D eigenvalue weighted by atomic mass is 10.2. The van der Waals surface area contributed by atoms with Gasteiger partial charge in [-0.25, -0.2) is 13.2 Å². The number of benzene rings is 2. The van der Waals surface area contributed by atoms with Gasteiger partial charge in [-0.1, -0.05) is 39.1 Å². The van der Waals surface area contributed by atoms with Crippen LogP contribution in [0.25, 0.3) is 0 Å². The maximum atomic E-state index is 12.8. The Morgan fingerprint density at radius 2 is 1.92 bits per heavy atom. The highest BCUT2D eigenvalue weighted by Crippen LogP contribution is 2.36. The van der Waals surface area contributed by atoms with E-state index in [4.69, 9.17) is 23.2 Å². The lowest BCUT2D eigenvalue weighted by molar-refractivity contribution is 0.252. The van der Waals surface area contributed by atoms with Crippen molar-refractivity contribution in [1.29, 1.82) is 0 Å². The van der Waals surface area contributed by atoms with E-state index in [9.17, 15) is 18.3 Å². The van der Waals surface area contributed by atoms with Crippen LogP contribution in [0.3, 0.4) is 0 Å². The van der Waals surface area contributed by atoms with Crippen molar-refractivity contribution in [2.24, 2.45) is 0 Å². The molecule has 10 heteroatoms. The van der Waals surface area contributed by atoms with Gasteiger partial charge < -0.3 is 10.4 Å². The molecule has 0 aliphatic carbocycles. The summed E-state index contributed by atoms with van der Waals surface area (Å²) in [6.07, 6.45) is 0. The average Bonchev–Trinajstić information content (AvgIpc) is 2.95. The lowest BCUT2D eigenvalue weighted by Gasteiger charge is -2.16. The summed E-state index contributed by atoms with van der Waals surface area (Å²) in [5.41, 5.74) is 0.900. The van der Waals surface area contributed by atoms with Crippen molar-refractivity contribution in [3.8, 4) is 5.75 Å². The van der Waals surface area contributed by atoms with Gasteiger partial charge in [-0.3, -0.25) is 4.90 Å². The number of nitrogens with zero attached hydrogens (tertiary/aromatic N) is 1.